The van der Waals surface area contributed by atoms with Crippen molar-refractivity contribution >= 4 is 11.9 Å². The first kappa shape index (κ1) is 18.5. The minimum Gasteiger partial charge on any atom is -0.487 e. The number of hydrogen-bond acceptors (Lipinski definition) is 3. The Labute approximate surface area is 156 Å². The van der Waals surface area contributed by atoms with E-state index in [1.54, 1.807) is 7.05 Å². The number of hydrogen-bond donors (Lipinski definition) is 2. The normalized spacial score (nSPS) is 22.2. The van der Waals surface area contributed by atoms with E-state index in [0.717, 1.165) is 43.7 Å². The quantitative estimate of drug-likeness (QED) is 0.643. The molecule has 1 aromatic carbocycles. The smallest absolute Gasteiger partial charge is 0.241 e. The summed E-state index contributed by atoms with van der Waals surface area (Å²) in [5, 5.41) is 6.64. The van der Waals surface area contributed by atoms with Gasteiger partial charge in [-0.3, -0.25) is 9.79 Å². The molecule has 1 aromatic rings. The predicted molar refractivity (Wildman–Crippen MR) is 103 cm³/mol. The molecule has 6 nitrogen and oxygen atoms in total. The highest BCUT2D eigenvalue weighted by atomic mass is 16.5. The maximum Gasteiger partial charge on any atom is 0.241 e. The number of benzene rings is 1. The van der Waals surface area contributed by atoms with Gasteiger partial charge in [0.2, 0.25) is 5.91 Å². The third-order valence-electron chi connectivity index (χ3n) is 5.03. The Balaban J connectivity index is 1.62. The third-order valence-corrected chi connectivity index (χ3v) is 5.03. The molecule has 3 rings (SSSR count). The van der Waals surface area contributed by atoms with Crippen molar-refractivity contribution in [3.8, 4) is 5.75 Å². The number of para-hydroxylation sites is 1. The van der Waals surface area contributed by atoms with Crippen LogP contribution in [0, 0.1) is 0 Å². The standard InChI is InChI=1S/C20H30N4O2/c1-20(2)13-16(15-9-5-6-10-17(15)26-20)23-19(21-3)22-14-18(25)24-11-7-4-8-12-24/h5-6,9-10,16H,4,7-8,11-14H2,1-3H3,(H2,21,22,23). The molecule has 1 atom stereocenters. The van der Waals surface area contributed by atoms with Gasteiger partial charge in [-0.05, 0) is 39.2 Å². The minimum absolute atomic E-state index is 0.0891. The molecule has 0 spiro atoms. The van der Waals surface area contributed by atoms with Crippen LogP contribution in [0.3, 0.4) is 0 Å². The summed E-state index contributed by atoms with van der Waals surface area (Å²) >= 11 is 0. The van der Waals surface area contributed by atoms with Gasteiger partial charge >= 0.3 is 0 Å². The Bertz CT molecular complexity index is 666. The van der Waals surface area contributed by atoms with Gasteiger partial charge in [-0.25, -0.2) is 0 Å². The fraction of sp³-hybridized carbons (Fsp3) is 0.600. The summed E-state index contributed by atoms with van der Waals surface area (Å²) in [6.07, 6.45) is 4.25. The van der Waals surface area contributed by atoms with Crippen LogP contribution in [-0.4, -0.2) is 49.0 Å². The van der Waals surface area contributed by atoms with Gasteiger partial charge < -0.3 is 20.3 Å². The number of rotatable bonds is 3. The van der Waals surface area contributed by atoms with Gasteiger partial charge in [-0.15, -0.1) is 0 Å². The second-order valence-corrected chi connectivity index (χ2v) is 7.67. The number of ether oxygens (including phenoxy) is 1. The van der Waals surface area contributed by atoms with E-state index >= 15 is 0 Å². The first-order chi connectivity index (χ1) is 12.5. The van der Waals surface area contributed by atoms with E-state index in [9.17, 15) is 4.79 Å². The molecule has 0 aliphatic carbocycles. The number of nitrogens with zero attached hydrogens (tertiary/aromatic N) is 2. The van der Waals surface area contributed by atoms with E-state index in [1.807, 2.05) is 23.1 Å². The Morgan fingerprint density at radius 3 is 2.73 bits per heavy atom. The Morgan fingerprint density at radius 2 is 2.00 bits per heavy atom. The van der Waals surface area contributed by atoms with Gasteiger partial charge in [-0.1, -0.05) is 18.2 Å². The molecule has 2 aliphatic heterocycles. The second-order valence-electron chi connectivity index (χ2n) is 7.67. The zero-order valence-electron chi connectivity index (χ0n) is 16.0. The lowest BCUT2D eigenvalue weighted by atomic mass is 9.90. The number of amides is 1. The average molecular weight is 358 g/mol. The molecule has 1 unspecified atom stereocenters. The maximum absolute atomic E-state index is 12.4. The topological polar surface area (TPSA) is 66.0 Å². The van der Waals surface area contributed by atoms with Crippen molar-refractivity contribution in [2.45, 2.75) is 51.2 Å². The number of guanidine groups is 1. The molecule has 1 amide bonds. The summed E-state index contributed by atoms with van der Waals surface area (Å²) in [5.74, 6) is 1.69. The lowest BCUT2D eigenvalue weighted by Crippen LogP contribution is -2.48. The number of fused-ring (bicyclic) bond motifs is 1. The van der Waals surface area contributed by atoms with E-state index in [4.69, 9.17) is 4.74 Å². The van der Waals surface area contributed by atoms with Gasteiger partial charge in [0.25, 0.3) is 0 Å². The molecule has 1 fully saturated rings. The molecule has 0 aromatic heterocycles. The van der Waals surface area contributed by atoms with Crippen LogP contribution in [0.15, 0.2) is 29.3 Å². The SMILES string of the molecule is CN=C(NCC(=O)N1CCCCC1)NC1CC(C)(C)Oc2ccccc21. The number of carbonyl (C=O) groups excluding carboxylic acids is 1. The molecule has 1 saturated heterocycles. The van der Waals surface area contributed by atoms with Crippen LogP contribution in [0.2, 0.25) is 0 Å². The highest BCUT2D eigenvalue weighted by Crippen LogP contribution is 2.39. The fourth-order valence-corrected chi connectivity index (χ4v) is 3.71. The van der Waals surface area contributed by atoms with Crippen molar-refractivity contribution < 1.29 is 9.53 Å². The van der Waals surface area contributed by atoms with Crippen LogP contribution in [0.4, 0.5) is 0 Å². The van der Waals surface area contributed by atoms with Crippen molar-refractivity contribution in [1.29, 1.82) is 0 Å². The molecular formula is C20H30N4O2. The van der Waals surface area contributed by atoms with Crippen LogP contribution in [-0.2, 0) is 4.79 Å². The van der Waals surface area contributed by atoms with E-state index in [-0.39, 0.29) is 24.1 Å². The van der Waals surface area contributed by atoms with Crippen LogP contribution >= 0.6 is 0 Å². The predicted octanol–water partition coefficient (Wildman–Crippen LogP) is 2.47. The molecule has 2 aliphatic rings. The van der Waals surface area contributed by atoms with Crippen LogP contribution < -0.4 is 15.4 Å². The van der Waals surface area contributed by atoms with Crippen LogP contribution in [0.25, 0.3) is 0 Å². The van der Waals surface area contributed by atoms with Gasteiger partial charge in [-0.2, -0.15) is 0 Å². The maximum atomic E-state index is 12.4. The molecule has 2 N–H and O–H groups in total. The fourth-order valence-electron chi connectivity index (χ4n) is 3.71. The van der Waals surface area contributed by atoms with E-state index < -0.39 is 0 Å². The lowest BCUT2D eigenvalue weighted by Gasteiger charge is -2.38. The summed E-state index contributed by atoms with van der Waals surface area (Å²) in [6.45, 7) is 6.19. The van der Waals surface area contributed by atoms with Gasteiger partial charge in [0, 0.05) is 32.1 Å². The summed E-state index contributed by atoms with van der Waals surface area (Å²) < 4.78 is 6.08. The summed E-state index contributed by atoms with van der Waals surface area (Å²) in [4.78, 5) is 18.6. The first-order valence-corrected chi connectivity index (χ1v) is 9.51. The van der Waals surface area contributed by atoms with Crippen LogP contribution in [0.1, 0.15) is 51.1 Å². The van der Waals surface area contributed by atoms with Gasteiger partial charge in [0.15, 0.2) is 5.96 Å². The third kappa shape index (κ3) is 4.48. The van der Waals surface area contributed by atoms with Crippen molar-refractivity contribution in [1.82, 2.24) is 15.5 Å². The number of carbonyl (C=O) groups is 1. The number of nitrogens with one attached hydrogen (secondary N) is 2. The average Bonchev–Trinajstić information content (AvgIpc) is 2.64. The second kappa shape index (κ2) is 7.98. The monoisotopic (exact) mass is 358 g/mol. The van der Waals surface area contributed by atoms with Crippen molar-refractivity contribution in [2.24, 2.45) is 4.99 Å². The molecule has 0 saturated carbocycles. The Kier molecular flexibility index (Phi) is 5.69. The number of piperidine rings is 1. The molecule has 2 heterocycles. The lowest BCUT2D eigenvalue weighted by molar-refractivity contribution is -0.130. The molecular weight excluding hydrogens is 328 g/mol. The minimum atomic E-state index is -0.255. The van der Waals surface area contributed by atoms with E-state index in [0.29, 0.717) is 5.96 Å². The Hall–Kier alpha value is -2.24. The molecule has 0 radical (unpaired) electrons. The highest BCUT2D eigenvalue weighted by Gasteiger charge is 2.34. The van der Waals surface area contributed by atoms with E-state index in [2.05, 4.69) is 35.5 Å². The first-order valence-electron chi connectivity index (χ1n) is 9.51. The van der Waals surface area contributed by atoms with Crippen molar-refractivity contribution in [3.05, 3.63) is 29.8 Å². The van der Waals surface area contributed by atoms with Gasteiger partial charge in [0.1, 0.15) is 11.4 Å². The molecule has 0 bridgehead atoms. The number of likely N-dealkylation sites (tertiary alicyclic amines) is 1. The zero-order valence-corrected chi connectivity index (χ0v) is 16.0. The van der Waals surface area contributed by atoms with E-state index in [1.165, 1.54) is 6.42 Å². The summed E-state index contributed by atoms with van der Waals surface area (Å²) in [5.41, 5.74) is 0.867. The highest BCUT2D eigenvalue weighted by molar-refractivity contribution is 5.86. The van der Waals surface area contributed by atoms with Gasteiger partial charge in [0.05, 0.1) is 12.6 Å². The van der Waals surface area contributed by atoms with Crippen molar-refractivity contribution in [2.75, 3.05) is 26.7 Å². The largest absolute Gasteiger partial charge is 0.487 e. The number of aliphatic imine (C=N–C) groups is 1. The molecule has 26 heavy (non-hydrogen) atoms. The molecule has 142 valence electrons. The van der Waals surface area contributed by atoms with Crippen molar-refractivity contribution in [3.63, 3.8) is 0 Å². The summed E-state index contributed by atoms with van der Waals surface area (Å²) in [7, 11) is 1.73. The zero-order chi connectivity index (χ0) is 18.6. The van der Waals surface area contributed by atoms with Crippen LogP contribution in [0.5, 0.6) is 5.75 Å². The molecule has 6 heteroatoms. The Morgan fingerprint density at radius 1 is 1.27 bits per heavy atom. The summed E-state index contributed by atoms with van der Waals surface area (Å²) in [6, 6.07) is 8.17.